The van der Waals surface area contributed by atoms with Gasteiger partial charge in [-0.05, 0) is 41.1 Å². The first-order valence-electron chi connectivity index (χ1n) is 9.26. The van der Waals surface area contributed by atoms with Gasteiger partial charge in [0.15, 0.2) is 0 Å². The van der Waals surface area contributed by atoms with E-state index < -0.39 is 0 Å². The van der Waals surface area contributed by atoms with E-state index in [1.54, 1.807) is 40.8 Å². The highest BCUT2D eigenvalue weighted by atomic mass is 32.1. The summed E-state index contributed by atoms with van der Waals surface area (Å²) in [6.07, 6.45) is 6.71. The summed E-state index contributed by atoms with van der Waals surface area (Å²) in [7, 11) is 0. The maximum atomic E-state index is 12.8. The minimum Gasteiger partial charge on any atom is -0.348 e. The number of thiophene rings is 1. The molecule has 7 nitrogen and oxygen atoms in total. The Kier molecular flexibility index (Phi) is 5.44. The molecule has 0 unspecified atom stereocenters. The predicted molar refractivity (Wildman–Crippen MR) is 112 cm³/mol. The zero-order valence-corrected chi connectivity index (χ0v) is 16.9. The molecule has 0 atom stereocenters. The van der Waals surface area contributed by atoms with Crippen LogP contribution in [0.15, 0.2) is 60.5 Å². The molecule has 4 aromatic heterocycles. The maximum Gasteiger partial charge on any atom is 0.255 e. The van der Waals surface area contributed by atoms with Gasteiger partial charge in [0.2, 0.25) is 0 Å². The van der Waals surface area contributed by atoms with E-state index in [1.807, 2.05) is 49.6 Å². The summed E-state index contributed by atoms with van der Waals surface area (Å²) in [4.78, 5) is 26.9. The lowest BCUT2D eigenvalue weighted by Crippen LogP contribution is -2.24. The second-order valence-electron chi connectivity index (χ2n) is 6.77. The van der Waals surface area contributed by atoms with Gasteiger partial charge in [0.05, 0.1) is 28.0 Å². The predicted octanol–water partition coefficient (Wildman–Crippen LogP) is 3.84. The SMILES string of the molecule is CC(C)c1c(C(=O)NCc2ccncc2)cnn1-c1nccc(-c2cccs2)n1. The molecule has 0 aliphatic rings. The van der Waals surface area contributed by atoms with Crippen LogP contribution in [0.25, 0.3) is 16.5 Å². The molecule has 0 aromatic carbocycles. The van der Waals surface area contributed by atoms with Gasteiger partial charge in [-0.3, -0.25) is 9.78 Å². The zero-order valence-electron chi connectivity index (χ0n) is 16.1. The van der Waals surface area contributed by atoms with Crippen LogP contribution < -0.4 is 5.32 Å². The van der Waals surface area contributed by atoms with E-state index in [1.165, 1.54) is 0 Å². The molecular weight excluding hydrogens is 384 g/mol. The normalized spacial score (nSPS) is 11.0. The molecular formula is C21H20N6OS. The molecule has 0 aliphatic carbocycles. The van der Waals surface area contributed by atoms with Crippen molar-refractivity contribution in [3.63, 3.8) is 0 Å². The van der Waals surface area contributed by atoms with Crippen molar-refractivity contribution in [1.82, 2.24) is 30.0 Å². The van der Waals surface area contributed by atoms with E-state index >= 15 is 0 Å². The molecule has 0 aliphatic heterocycles. The second-order valence-corrected chi connectivity index (χ2v) is 7.72. The molecule has 1 N–H and O–H groups in total. The lowest BCUT2D eigenvalue weighted by Gasteiger charge is -2.12. The maximum absolute atomic E-state index is 12.8. The largest absolute Gasteiger partial charge is 0.348 e. The number of nitrogens with one attached hydrogen (secondary N) is 1. The van der Waals surface area contributed by atoms with Crippen molar-refractivity contribution in [3.05, 3.63) is 77.3 Å². The quantitative estimate of drug-likeness (QED) is 0.528. The molecule has 0 radical (unpaired) electrons. The van der Waals surface area contributed by atoms with Crippen LogP contribution in [0.1, 0.15) is 41.4 Å². The van der Waals surface area contributed by atoms with Crippen LogP contribution in [0, 0.1) is 0 Å². The Morgan fingerprint density at radius 2 is 2.00 bits per heavy atom. The zero-order chi connectivity index (χ0) is 20.2. The fourth-order valence-corrected chi connectivity index (χ4v) is 3.73. The highest BCUT2D eigenvalue weighted by Gasteiger charge is 2.22. The van der Waals surface area contributed by atoms with Crippen LogP contribution in [0.2, 0.25) is 0 Å². The molecule has 0 saturated heterocycles. The van der Waals surface area contributed by atoms with Crippen LogP contribution in [0.3, 0.4) is 0 Å². The smallest absolute Gasteiger partial charge is 0.255 e. The fourth-order valence-electron chi connectivity index (χ4n) is 3.04. The van der Waals surface area contributed by atoms with Crippen LogP contribution >= 0.6 is 11.3 Å². The van der Waals surface area contributed by atoms with Gasteiger partial charge in [-0.25, -0.2) is 14.6 Å². The van der Waals surface area contributed by atoms with E-state index in [0.29, 0.717) is 18.1 Å². The molecule has 0 spiro atoms. The average molecular weight is 404 g/mol. The number of rotatable bonds is 6. The number of amides is 1. The number of nitrogens with zero attached hydrogens (tertiary/aromatic N) is 5. The monoisotopic (exact) mass is 404 g/mol. The van der Waals surface area contributed by atoms with Crippen LogP contribution in [0.5, 0.6) is 0 Å². The first-order chi connectivity index (χ1) is 14.1. The van der Waals surface area contributed by atoms with Gasteiger partial charge in [0.25, 0.3) is 11.9 Å². The minimum atomic E-state index is -0.175. The Hall–Kier alpha value is -3.39. The summed E-state index contributed by atoms with van der Waals surface area (Å²) in [5.41, 5.74) is 3.12. The third kappa shape index (κ3) is 4.07. The number of hydrogen-bond acceptors (Lipinski definition) is 6. The Bertz CT molecular complexity index is 1110. The van der Waals surface area contributed by atoms with Gasteiger partial charge >= 0.3 is 0 Å². The number of aromatic nitrogens is 5. The van der Waals surface area contributed by atoms with Gasteiger partial charge in [0, 0.05) is 25.1 Å². The van der Waals surface area contributed by atoms with Crippen molar-refractivity contribution in [2.24, 2.45) is 0 Å². The van der Waals surface area contributed by atoms with Crippen molar-refractivity contribution in [3.8, 4) is 16.5 Å². The van der Waals surface area contributed by atoms with Gasteiger partial charge in [-0.1, -0.05) is 19.9 Å². The van der Waals surface area contributed by atoms with Crippen molar-refractivity contribution in [2.45, 2.75) is 26.3 Å². The van der Waals surface area contributed by atoms with Crippen LogP contribution in [0.4, 0.5) is 0 Å². The van der Waals surface area contributed by atoms with E-state index in [9.17, 15) is 4.79 Å². The molecule has 4 heterocycles. The third-order valence-corrected chi connectivity index (χ3v) is 5.30. The summed E-state index contributed by atoms with van der Waals surface area (Å²) in [5, 5.41) is 9.39. The second kappa shape index (κ2) is 8.32. The first-order valence-corrected chi connectivity index (χ1v) is 10.1. The van der Waals surface area contributed by atoms with Crippen LogP contribution in [-0.4, -0.2) is 30.6 Å². The Balaban J connectivity index is 1.63. The summed E-state index contributed by atoms with van der Waals surface area (Å²) in [5.74, 6) is 0.340. The summed E-state index contributed by atoms with van der Waals surface area (Å²) in [6, 6.07) is 9.62. The van der Waals surface area contributed by atoms with Crippen molar-refractivity contribution in [2.75, 3.05) is 0 Å². The molecule has 146 valence electrons. The van der Waals surface area contributed by atoms with E-state index in [-0.39, 0.29) is 11.8 Å². The van der Waals surface area contributed by atoms with Gasteiger partial charge in [-0.15, -0.1) is 11.3 Å². The average Bonchev–Trinajstić information content (AvgIpc) is 3.43. The summed E-state index contributed by atoms with van der Waals surface area (Å²) < 4.78 is 1.66. The fraction of sp³-hybridized carbons (Fsp3) is 0.190. The van der Waals surface area contributed by atoms with E-state index in [2.05, 4.69) is 25.4 Å². The molecule has 0 fully saturated rings. The first kappa shape index (κ1) is 18.9. The van der Waals surface area contributed by atoms with E-state index in [0.717, 1.165) is 21.8 Å². The number of hydrogen-bond donors (Lipinski definition) is 1. The van der Waals surface area contributed by atoms with Crippen molar-refractivity contribution >= 4 is 17.2 Å². The summed E-state index contributed by atoms with van der Waals surface area (Å²) in [6.45, 7) is 4.47. The Morgan fingerprint density at radius 3 is 2.72 bits per heavy atom. The highest BCUT2D eigenvalue weighted by molar-refractivity contribution is 7.13. The Labute approximate surface area is 172 Å². The molecule has 4 aromatic rings. The third-order valence-electron chi connectivity index (χ3n) is 4.41. The van der Waals surface area contributed by atoms with Gasteiger partial charge in [-0.2, -0.15) is 5.10 Å². The topological polar surface area (TPSA) is 85.6 Å². The van der Waals surface area contributed by atoms with Crippen molar-refractivity contribution in [1.29, 1.82) is 0 Å². The van der Waals surface area contributed by atoms with Gasteiger partial charge < -0.3 is 5.32 Å². The molecule has 1 amide bonds. The van der Waals surface area contributed by atoms with Crippen LogP contribution in [-0.2, 0) is 6.54 Å². The standard InChI is InChI=1S/C21H20N6OS/c1-14(2)19-16(20(28)24-12-15-5-8-22-9-6-15)13-25-27(19)21-23-10-7-17(26-21)18-4-3-11-29-18/h3-11,13-14H,12H2,1-2H3,(H,24,28). The summed E-state index contributed by atoms with van der Waals surface area (Å²) >= 11 is 1.62. The molecule has 0 saturated carbocycles. The molecule has 4 rings (SSSR count). The van der Waals surface area contributed by atoms with E-state index in [4.69, 9.17) is 0 Å². The lowest BCUT2D eigenvalue weighted by molar-refractivity contribution is 0.0949. The molecule has 0 bridgehead atoms. The van der Waals surface area contributed by atoms with Gasteiger partial charge in [0.1, 0.15) is 0 Å². The number of pyridine rings is 1. The highest BCUT2D eigenvalue weighted by Crippen LogP contribution is 2.25. The number of carbonyl (C=O) groups is 1. The van der Waals surface area contributed by atoms with Crippen molar-refractivity contribution < 1.29 is 4.79 Å². The lowest BCUT2D eigenvalue weighted by atomic mass is 10.1. The molecule has 8 heteroatoms. The Morgan fingerprint density at radius 1 is 1.17 bits per heavy atom. The molecule has 29 heavy (non-hydrogen) atoms. The number of carbonyl (C=O) groups excluding carboxylic acids is 1. The minimum absolute atomic E-state index is 0.0631.